The van der Waals surface area contributed by atoms with Crippen molar-refractivity contribution >= 4 is 29.0 Å². The Kier molecular flexibility index (Phi) is 8.43. The van der Waals surface area contributed by atoms with E-state index in [1.807, 2.05) is 60.7 Å². The Balaban J connectivity index is 0.00000306. The third-order valence-corrected chi connectivity index (χ3v) is 9.98. The summed E-state index contributed by atoms with van der Waals surface area (Å²) in [6.45, 7) is 0. The number of rotatable bonds is 8. The molecule has 4 rings (SSSR count). The number of methoxy groups -OCH3 is 2. The zero-order valence-electron chi connectivity index (χ0n) is 18.6. The summed E-state index contributed by atoms with van der Waals surface area (Å²) in [6, 6.07) is 36.6. The molecule has 0 aliphatic rings. The number of benzene rings is 4. The highest BCUT2D eigenvalue weighted by Gasteiger charge is 2.47. The zero-order chi connectivity index (χ0) is 22.4. The molecule has 0 radical (unpaired) electrons. The van der Waals surface area contributed by atoms with Gasteiger partial charge in [-0.2, -0.15) is 0 Å². The van der Waals surface area contributed by atoms with Crippen molar-refractivity contribution in [1.82, 2.24) is 0 Å². The van der Waals surface area contributed by atoms with Crippen LogP contribution in [0, 0.1) is 0 Å². The van der Waals surface area contributed by atoms with Crippen LogP contribution in [0.3, 0.4) is 0 Å². The van der Waals surface area contributed by atoms with Gasteiger partial charge in [0, 0.05) is 0 Å². The first kappa shape index (κ1) is 24.7. The molecule has 5 heteroatoms. The molecule has 0 atom stereocenters. The van der Waals surface area contributed by atoms with E-state index in [1.54, 1.807) is 26.4 Å². The lowest BCUT2D eigenvalue weighted by Crippen LogP contribution is -3.00. The zero-order valence-corrected chi connectivity index (χ0v) is 21.1. The van der Waals surface area contributed by atoms with Gasteiger partial charge in [0.05, 0.1) is 19.8 Å². The molecule has 168 valence electrons. The first-order chi connectivity index (χ1) is 15.7. The monoisotopic (exact) mass is 520 g/mol. The summed E-state index contributed by atoms with van der Waals surface area (Å²) in [6.07, 6.45) is 0.356. The third-order valence-electron chi connectivity index (χ3n) is 5.68. The van der Waals surface area contributed by atoms with E-state index in [0.717, 1.165) is 0 Å². The van der Waals surface area contributed by atoms with Gasteiger partial charge in [-0.05, 0) is 54.6 Å². The van der Waals surface area contributed by atoms with Gasteiger partial charge in [-0.15, -0.1) is 0 Å². The summed E-state index contributed by atoms with van der Waals surface area (Å²) < 4.78 is 10.9. The molecular weight excluding hydrogens is 495 g/mol. The average molecular weight is 521 g/mol. The highest BCUT2D eigenvalue weighted by molar-refractivity contribution is 7.96. The molecule has 0 N–H and O–H groups in total. The first-order valence-electron chi connectivity index (χ1n) is 10.5. The molecule has 0 heterocycles. The maximum atomic E-state index is 13.9. The fourth-order valence-corrected chi connectivity index (χ4v) is 8.19. The molecule has 4 aromatic carbocycles. The van der Waals surface area contributed by atoms with Crippen molar-refractivity contribution in [1.29, 1.82) is 0 Å². The Morgan fingerprint density at radius 2 is 1.12 bits per heavy atom. The first-order valence-corrected chi connectivity index (χ1v) is 12.5. The van der Waals surface area contributed by atoms with Crippen molar-refractivity contribution in [2.24, 2.45) is 0 Å². The van der Waals surface area contributed by atoms with Crippen LogP contribution in [0.1, 0.15) is 10.4 Å². The quantitative estimate of drug-likeness (QED) is 0.263. The van der Waals surface area contributed by atoms with Gasteiger partial charge in [0.2, 0.25) is 5.78 Å². The van der Waals surface area contributed by atoms with E-state index < -0.39 is 7.26 Å². The van der Waals surface area contributed by atoms with Crippen LogP contribution >= 0.6 is 7.26 Å². The maximum Gasteiger partial charge on any atom is 0.204 e. The number of hydrogen-bond donors (Lipinski definition) is 0. The molecule has 0 spiro atoms. The average Bonchev–Trinajstić information content (AvgIpc) is 2.88. The van der Waals surface area contributed by atoms with Crippen LogP contribution < -0.4 is 42.4 Å². The van der Waals surface area contributed by atoms with Gasteiger partial charge in [-0.3, -0.25) is 4.79 Å². The van der Waals surface area contributed by atoms with Crippen molar-refractivity contribution in [2.45, 2.75) is 0 Å². The predicted octanol–water partition coefficient (Wildman–Crippen LogP) is 1.88. The van der Waals surface area contributed by atoms with Gasteiger partial charge >= 0.3 is 0 Å². The molecule has 0 aliphatic heterocycles. The Labute approximate surface area is 206 Å². The van der Waals surface area contributed by atoms with E-state index in [9.17, 15) is 4.79 Å². The molecule has 0 saturated heterocycles. The summed E-state index contributed by atoms with van der Waals surface area (Å²) in [7, 11) is 0.918. The van der Waals surface area contributed by atoms with Gasteiger partial charge in [0.15, 0.2) is 0 Å². The van der Waals surface area contributed by atoms with Crippen molar-refractivity contribution < 1.29 is 31.2 Å². The van der Waals surface area contributed by atoms with Gasteiger partial charge in [-0.1, -0.05) is 54.6 Å². The smallest absolute Gasteiger partial charge is 0.204 e. The van der Waals surface area contributed by atoms with Crippen LogP contribution in [-0.4, -0.2) is 26.2 Å². The molecule has 0 bridgehead atoms. The molecule has 0 aliphatic carbocycles. The van der Waals surface area contributed by atoms with E-state index in [4.69, 9.17) is 9.47 Å². The van der Waals surface area contributed by atoms with Gasteiger partial charge in [-0.25, -0.2) is 0 Å². The molecule has 33 heavy (non-hydrogen) atoms. The van der Waals surface area contributed by atoms with Gasteiger partial charge in [0.1, 0.15) is 40.8 Å². The molecule has 3 nitrogen and oxygen atoms in total. The van der Waals surface area contributed by atoms with Gasteiger partial charge in [0.25, 0.3) is 0 Å². The fourth-order valence-electron chi connectivity index (χ4n) is 4.10. The second-order valence-electron chi connectivity index (χ2n) is 7.46. The third kappa shape index (κ3) is 5.03. The van der Waals surface area contributed by atoms with Gasteiger partial charge < -0.3 is 26.5 Å². The van der Waals surface area contributed by atoms with Crippen molar-refractivity contribution in [3.05, 3.63) is 115 Å². The second-order valence-corrected chi connectivity index (χ2v) is 10.9. The number of ether oxygens (including phenoxy) is 2. The number of carbonyl (C=O) groups excluding carboxylic acids is 1. The summed E-state index contributed by atoms with van der Waals surface area (Å²) in [5, 5.41) is 3.52. The summed E-state index contributed by atoms with van der Waals surface area (Å²) >= 11 is 0. The van der Waals surface area contributed by atoms with E-state index >= 15 is 0 Å². The van der Waals surface area contributed by atoms with Crippen molar-refractivity contribution in [3.8, 4) is 11.5 Å². The largest absolute Gasteiger partial charge is 1.00 e. The lowest BCUT2D eigenvalue weighted by molar-refractivity contribution is -0.0000148. The molecular formula is C28H26BrO3P. The Morgan fingerprint density at radius 3 is 1.52 bits per heavy atom. The van der Waals surface area contributed by atoms with Crippen LogP contribution in [0.4, 0.5) is 0 Å². The molecule has 0 aromatic heterocycles. The maximum absolute atomic E-state index is 13.9. The van der Waals surface area contributed by atoms with Crippen LogP contribution in [0.2, 0.25) is 0 Å². The fraction of sp³-hybridized carbons (Fsp3) is 0.107. The van der Waals surface area contributed by atoms with Crippen molar-refractivity contribution in [3.63, 3.8) is 0 Å². The van der Waals surface area contributed by atoms with Crippen LogP contribution in [0.25, 0.3) is 0 Å². The lowest BCUT2D eigenvalue weighted by atomic mass is 10.1. The highest BCUT2D eigenvalue weighted by atomic mass is 79.9. The van der Waals surface area contributed by atoms with Crippen LogP contribution in [0.15, 0.2) is 109 Å². The number of Topliss-reactive ketones (excluding diaryl/α,β-unsaturated/α-hetero) is 1. The molecule has 4 aromatic rings. The molecule has 0 amide bonds. The van der Waals surface area contributed by atoms with E-state index in [1.165, 1.54) is 15.9 Å². The minimum absolute atomic E-state index is 0. The Bertz CT molecular complexity index is 1090. The SMILES string of the molecule is COc1ccc(OC)c(C(=O)C[P+](c2ccccc2)(c2ccccc2)c2ccccc2)c1.[Br-]. The summed E-state index contributed by atoms with van der Waals surface area (Å²) in [5.74, 6) is 1.23. The standard InChI is InChI=1S/C28H26O3P.BrH/c1-30-22-18-19-28(31-2)26(20-22)27(29)21-32(23-12-6-3-7-13-23,24-14-8-4-9-15-24)25-16-10-5-11-17-25;/h3-20H,21H2,1-2H3;1H/q+1;/p-1. The minimum atomic E-state index is -2.27. The Hall–Kier alpha value is -2.94. The van der Waals surface area contributed by atoms with Crippen LogP contribution in [0.5, 0.6) is 11.5 Å². The van der Waals surface area contributed by atoms with Crippen molar-refractivity contribution in [2.75, 3.05) is 20.4 Å². The number of carbonyl (C=O) groups is 1. The topological polar surface area (TPSA) is 35.5 Å². The van der Waals surface area contributed by atoms with E-state index in [0.29, 0.717) is 23.2 Å². The Morgan fingerprint density at radius 1 is 0.667 bits per heavy atom. The number of hydrogen-bond acceptors (Lipinski definition) is 3. The molecule has 0 unspecified atom stereocenters. The normalized spacial score (nSPS) is 10.7. The minimum Gasteiger partial charge on any atom is -1.00 e. The summed E-state index contributed by atoms with van der Waals surface area (Å²) in [5.41, 5.74) is 0.541. The molecule has 0 saturated carbocycles. The second kappa shape index (κ2) is 11.3. The molecule has 0 fully saturated rings. The van der Waals surface area contributed by atoms with E-state index in [-0.39, 0.29) is 22.8 Å². The predicted molar refractivity (Wildman–Crippen MR) is 134 cm³/mol. The van der Waals surface area contributed by atoms with Crippen LogP contribution in [-0.2, 0) is 0 Å². The number of halogens is 1. The van der Waals surface area contributed by atoms with E-state index in [2.05, 4.69) is 36.4 Å². The summed E-state index contributed by atoms with van der Waals surface area (Å²) in [4.78, 5) is 13.9. The number of ketones is 1. The highest BCUT2D eigenvalue weighted by Crippen LogP contribution is 2.55. The lowest BCUT2D eigenvalue weighted by Gasteiger charge is -2.27.